The summed E-state index contributed by atoms with van der Waals surface area (Å²) in [5, 5.41) is 0. The molecular formula is C27H24O2. The molecule has 1 aliphatic carbocycles. The summed E-state index contributed by atoms with van der Waals surface area (Å²) < 4.78 is 5.94. The maximum Gasteiger partial charge on any atom is 0.304 e. The van der Waals surface area contributed by atoms with Gasteiger partial charge in [0.1, 0.15) is 0 Å². The second-order valence-corrected chi connectivity index (χ2v) is 7.55. The van der Waals surface area contributed by atoms with Crippen molar-refractivity contribution < 1.29 is 9.53 Å². The van der Waals surface area contributed by atoms with E-state index in [2.05, 4.69) is 50.0 Å². The predicted molar refractivity (Wildman–Crippen MR) is 116 cm³/mol. The molecule has 3 aromatic carbocycles. The van der Waals surface area contributed by atoms with E-state index in [0.717, 1.165) is 34.2 Å². The number of hydrogen-bond acceptors (Lipinski definition) is 2. The summed E-state index contributed by atoms with van der Waals surface area (Å²) in [4.78, 5) is 12.1. The molecule has 2 nitrogen and oxygen atoms in total. The molecule has 0 spiro atoms. The average molecular weight is 380 g/mol. The number of esters is 1. The lowest BCUT2D eigenvalue weighted by Gasteiger charge is -2.25. The molecule has 3 aromatic rings. The van der Waals surface area contributed by atoms with Gasteiger partial charge in [0, 0.05) is 23.6 Å². The van der Waals surface area contributed by atoms with Gasteiger partial charge in [0.15, 0.2) is 0 Å². The average Bonchev–Trinajstić information content (AvgIpc) is 3.02. The van der Waals surface area contributed by atoms with Crippen molar-refractivity contribution in [3.05, 3.63) is 95.1 Å². The number of fused-ring (bicyclic) bond motifs is 3. The lowest BCUT2D eigenvalue weighted by atomic mass is 9.91. The van der Waals surface area contributed by atoms with Gasteiger partial charge in [-0.25, -0.2) is 0 Å². The summed E-state index contributed by atoms with van der Waals surface area (Å²) in [7, 11) is 0. The van der Waals surface area contributed by atoms with Crippen molar-refractivity contribution >= 4 is 5.97 Å². The molecule has 1 aliphatic rings. The third-order valence-electron chi connectivity index (χ3n) is 5.67. The van der Waals surface area contributed by atoms with Gasteiger partial charge in [-0.1, -0.05) is 80.4 Å². The van der Waals surface area contributed by atoms with Crippen molar-refractivity contribution in [2.24, 2.45) is 0 Å². The third-order valence-corrected chi connectivity index (χ3v) is 5.67. The molecule has 0 radical (unpaired) electrons. The first-order chi connectivity index (χ1) is 14.0. The van der Waals surface area contributed by atoms with Crippen molar-refractivity contribution in [1.82, 2.24) is 0 Å². The second-order valence-electron chi connectivity index (χ2n) is 7.55. The molecule has 4 rings (SSSR count). The van der Waals surface area contributed by atoms with Crippen LogP contribution in [0.2, 0.25) is 0 Å². The van der Waals surface area contributed by atoms with E-state index in [1.165, 1.54) is 12.5 Å². The van der Waals surface area contributed by atoms with Crippen LogP contribution in [-0.4, -0.2) is 5.97 Å². The van der Waals surface area contributed by atoms with Crippen LogP contribution >= 0.6 is 0 Å². The zero-order valence-corrected chi connectivity index (χ0v) is 17.0. The van der Waals surface area contributed by atoms with Crippen LogP contribution in [0.5, 0.6) is 0 Å². The Morgan fingerprint density at radius 2 is 1.48 bits per heavy atom. The summed E-state index contributed by atoms with van der Waals surface area (Å²) >= 11 is 0. The number of ether oxygens (including phenoxy) is 1. The molecule has 29 heavy (non-hydrogen) atoms. The Morgan fingerprint density at radius 1 is 0.931 bits per heavy atom. The van der Waals surface area contributed by atoms with Gasteiger partial charge in [-0.05, 0) is 47.1 Å². The minimum Gasteiger partial charge on any atom is -0.437 e. The van der Waals surface area contributed by atoms with Gasteiger partial charge < -0.3 is 4.74 Å². The Bertz CT molecular complexity index is 1070. The quantitative estimate of drug-likeness (QED) is 0.409. The minimum atomic E-state index is -1.09. The van der Waals surface area contributed by atoms with E-state index >= 15 is 0 Å². The first-order valence-corrected chi connectivity index (χ1v) is 10.1. The summed E-state index contributed by atoms with van der Waals surface area (Å²) in [6.45, 7) is 5.85. The highest BCUT2D eigenvalue weighted by Crippen LogP contribution is 2.49. The lowest BCUT2D eigenvalue weighted by Crippen LogP contribution is -2.29. The molecule has 0 N–H and O–H groups in total. The summed E-state index contributed by atoms with van der Waals surface area (Å²) in [5.41, 5.74) is 5.08. The Morgan fingerprint density at radius 3 is 2.00 bits per heavy atom. The largest absolute Gasteiger partial charge is 0.437 e. The van der Waals surface area contributed by atoms with Crippen LogP contribution in [0.25, 0.3) is 11.1 Å². The molecule has 0 amide bonds. The standard InChI is InChI=1S/C27H24O2/c1-4-19(2)22-15-13-21(14-16-22)17-18-27(29-20(3)28)25-11-7-5-9-23(25)24-10-6-8-12-26(24)27/h5-16,19H,4H2,1-3H3. The van der Waals surface area contributed by atoms with Gasteiger partial charge in [-0.15, -0.1) is 0 Å². The summed E-state index contributed by atoms with van der Waals surface area (Å²) in [6, 6.07) is 24.4. The van der Waals surface area contributed by atoms with Gasteiger partial charge in [-0.3, -0.25) is 4.79 Å². The molecule has 0 heterocycles. The van der Waals surface area contributed by atoms with E-state index in [0.29, 0.717) is 5.92 Å². The number of rotatable bonds is 3. The predicted octanol–water partition coefficient (Wildman–Crippen LogP) is 6.04. The molecule has 0 aliphatic heterocycles. The maximum atomic E-state index is 12.1. The van der Waals surface area contributed by atoms with Crippen molar-refractivity contribution in [3.8, 4) is 23.0 Å². The smallest absolute Gasteiger partial charge is 0.304 e. The second kappa shape index (κ2) is 7.60. The molecule has 0 fully saturated rings. The number of carbonyl (C=O) groups is 1. The highest BCUT2D eigenvalue weighted by molar-refractivity contribution is 5.84. The Kier molecular flexibility index (Phi) is 4.99. The number of benzene rings is 3. The zero-order chi connectivity index (χ0) is 20.4. The normalized spacial score (nSPS) is 14.2. The third kappa shape index (κ3) is 3.34. The molecule has 0 saturated heterocycles. The van der Waals surface area contributed by atoms with Crippen LogP contribution in [0.15, 0.2) is 72.8 Å². The SMILES string of the molecule is CCC(C)c1ccc(C#CC2(OC(C)=O)c3ccccc3-c3ccccc32)cc1. The van der Waals surface area contributed by atoms with Gasteiger partial charge >= 0.3 is 5.97 Å². The van der Waals surface area contributed by atoms with Crippen LogP contribution in [0.4, 0.5) is 0 Å². The van der Waals surface area contributed by atoms with E-state index in [1.54, 1.807) is 0 Å². The van der Waals surface area contributed by atoms with Crippen LogP contribution in [0, 0.1) is 11.8 Å². The van der Waals surface area contributed by atoms with Gasteiger partial charge in [0.25, 0.3) is 0 Å². The summed E-state index contributed by atoms with van der Waals surface area (Å²) in [6.07, 6.45) is 1.11. The van der Waals surface area contributed by atoms with Crippen molar-refractivity contribution in [1.29, 1.82) is 0 Å². The van der Waals surface area contributed by atoms with Crippen molar-refractivity contribution in [2.75, 3.05) is 0 Å². The van der Waals surface area contributed by atoms with Crippen LogP contribution in [0.3, 0.4) is 0 Å². The Labute approximate surface area is 172 Å². The fourth-order valence-electron chi connectivity index (χ4n) is 3.97. The Balaban J connectivity index is 1.85. The topological polar surface area (TPSA) is 26.3 Å². The van der Waals surface area contributed by atoms with Crippen LogP contribution < -0.4 is 0 Å². The number of carbonyl (C=O) groups excluding carboxylic acids is 1. The van der Waals surface area contributed by atoms with E-state index in [-0.39, 0.29) is 5.97 Å². The minimum absolute atomic E-state index is 0.349. The van der Waals surface area contributed by atoms with Gasteiger partial charge in [-0.2, -0.15) is 0 Å². The summed E-state index contributed by atoms with van der Waals surface area (Å²) in [5.74, 6) is 6.77. The lowest BCUT2D eigenvalue weighted by molar-refractivity contribution is -0.149. The van der Waals surface area contributed by atoms with Gasteiger partial charge in [0.2, 0.25) is 5.60 Å². The highest BCUT2D eigenvalue weighted by Gasteiger charge is 2.45. The molecule has 0 bridgehead atoms. The first kappa shape index (κ1) is 19.0. The Hall–Kier alpha value is -3.31. The maximum absolute atomic E-state index is 12.1. The molecule has 0 saturated carbocycles. The highest BCUT2D eigenvalue weighted by atomic mass is 16.6. The number of hydrogen-bond donors (Lipinski definition) is 0. The van der Waals surface area contributed by atoms with E-state index < -0.39 is 5.60 Å². The molecule has 1 atom stereocenters. The van der Waals surface area contributed by atoms with Crippen LogP contribution in [0.1, 0.15) is 55.4 Å². The van der Waals surface area contributed by atoms with E-state index in [9.17, 15) is 4.79 Å². The molecule has 2 heteroatoms. The first-order valence-electron chi connectivity index (χ1n) is 10.1. The fraction of sp³-hybridized carbons (Fsp3) is 0.222. The monoisotopic (exact) mass is 380 g/mol. The molecule has 1 unspecified atom stereocenters. The molecule has 144 valence electrons. The van der Waals surface area contributed by atoms with Crippen molar-refractivity contribution in [3.63, 3.8) is 0 Å². The van der Waals surface area contributed by atoms with Gasteiger partial charge in [0.05, 0.1) is 0 Å². The molecular weight excluding hydrogens is 356 g/mol. The molecule has 0 aromatic heterocycles. The van der Waals surface area contributed by atoms with E-state index in [1.807, 2.05) is 48.5 Å². The van der Waals surface area contributed by atoms with E-state index in [4.69, 9.17) is 4.74 Å². The van der Waals surface area contributed by atoms with Crippen LogP contribution in [-0.2, 0) is 15.1 Å². The van der Waals surface area contributed by atoms with Crippen molar-refractivity contribution in [2.45, 2.75) is 38.7 Å². The zero-order valence-electron chi connectivity index (χ0n) is 17.0. The fourth-order valence-corrected chi connectivity index (χ4v) is 3.97.